The van der Waals surface area contributed by atoms with Crippen molar-refractivity contribution in [1.82, 2.24) is 10.2 Å². The smallest absolute Gasteiger partial charge is 0.329 e. The molecule has 0 bridgehead atoms. The highest BCUT2D eigenvalue weighted by molar-refractivity contribution is 7.91. The molecular formula is C23H34N2O6S. The topological polar surface area (TPSA) is 110 Å². The number of benzene rings is 1. The van der Waals surface area contributed by atoms with E-state index < -0.39 is 34.4 Å². The van der Waals surface area contributed by atoms with Crippen LogP contribution in [0.25, 0.3) is 0 Å². The van der Waals surface area contributed by atoms with Crippen LogP contribution in [0.5, 0.6) is 0 Å². The fourth-order valence-corrected chi connectivity index (χ4v) is 5.40. The fraction of sp³-hybridized carbons (Fsp3) is 0.609. The molecule has 0 aliphatic carbocycles. The predicted molar refractivity (Wildman–Crippen MR) is 122 cm³/mol. The number of carbonyl (C=O) groups excluding carboxylic acids is 3. The summed E-state index contributed by atoms with van der Waals surface area (Å²) in [6, 6.07) is 7.92. The van der Waals surface area contributed by atoms with Gasteiger partial charge in [-0.25, -0.2) is 13.2 Å². The molecule has 178 valence electrons. The number of hydrogen-bond donors (Lipinski definition) is 1. The molecule has 1 aliphatic heterocycles. The molecule has 1 aromatic carbocycles. The number of rotatable bonds is 11. The normalized spacial score (nSPS) is 18.2. The van der Waals surface area contributed by atoms with Crippen molar-refractivity contribution in [3.05, 3.63) is 35.9 Å². The van der Waals surface area contributed by atoms with Crippen LogP contribution in [0.15, 0.2) is 30.3 Å². The molecule has 2 rings (SSSR count). The van der Waals surface area contributed by atoms with Gasteiger partial charge in [0.1, 0.15) is 6.04 Å². The van der Waals surface area contributed by atoms with Gasteiger partial charge in [0.15, 0.2) is 16.4 Å². The highest BCUT2D eigenvalue weighted by Crippen LogP contribution is 2.19. The quantitative estimate of drug-likeness (QED) is 0.498. The van der Waals surface area contributed by atoms with Crippen molar-refractivity contribution in [2.24, 2.45) is 5.92 Å². The van der Waals surface area contributed by atoms with Crippen LogP contribution in [0.4, 0.5) is 0 Å². The first-order valence-corrected chi connectivity index (χ1v) is 12.9. The van der Waals surface area contributed by atoms with Crippen molar-refractivity contribution in [3.63, 3.8) is 0 Å². The molecule has 1 aliphatic rings. The van der Waals surface area contributed by atoms with Gasteiger partial charge in [-0.2, -0.15) is 0 Å². The number of ether oxygens (including phenoxy) is 1. The van der Waals surface area contributed by atoms with Crippen molar-refractivity contribution in [2.45, 2.75) is 58.5 Å². The molecule has 0 radical (unpaired) electrons. The van der Waals surface area contributed by atoms with E-state index in [-0.39, 0.29) is 35.8 Å². The van der Waals surface area contributed by atoms with Crippen LogP contribution in [0, 0.1) is 5.92 Å². The maximum Gasteiger partial charge on any atom is 0.329 e. The SMILES string of the molecule is CCCCN(C(=O)COC(=O)[C@@H](NC(=O)Cc1ccccc1)C(C)C)C1CCS(=O)(=O)C1. The largest absolute Gasteiger partial charge is 0.454 e. The van der Waals surface area contributed by atoms with Gasteiger partial charge in [0.2, 0.25) is 5.91 Å². The first kappa shape index (κ1) is 25.8. The van der Waals surface area contributed by atoms with Crippen LogP contribution in [0.1, 0.15) is 45.6 Å². The Balaban J connectivity index is 1.95. The summed E-state index contributed by atoms with van der Waals surface area (Å²) in [6.45, 7) is 5.51. The Kier molecular flexibility index (Phi) is 9.68. The van der Waals surface area contributed by atoms with E-state index in [0.717, 1.165) is 18.4 Å². The molecule has 1 N–H and O–H groups in total. The second-order valence-electron chi connectivity index (χ2n) is 8.56. The van der Waals surface area contributed by atoms with Gasteiger partial charge in [-0.3, -0.25) is 9.59 Å². The minimum absolute atomic E-state index is 0.0550. The molecule has 8 nitrogen and oxygen atoms in total. The van der Waals surface area contributed by atoms with Crippen LogP contribution in [-0.2, 0) is 35.4 Å². The van der Waals surface area contributed by atoms with Crippen molar-refractivity contribution in [3.8, 4) is 0 Å². The minimum Gasteiger partial charge on any atom is -0.454 e. The Bertz CT molecular complexity index is 885. The molecule has 1 saturated heterocycles. The van der Waals surface area contributed by atoms with Gasteiger partial charge in [0.25, 0.3) is 5.91 Å². The molecule has 1 unspecified atom stereocenters. The number of amides is 2. The van der Waals surface area contributed by atoms with Gasteiger partial charge in [-0.05, 0) is 24.3 Å². The van der Waals surface area contributed by atoms with E-state index in [9.17, 15) is 22.8 Å². The zero-order valence-electron chi connectivity index (χ0n) is 19.1. The van der Waals surface area contributed by atoms with Crippen LogP contribution in [0.3, 0.4) is 0 Å². The fourth-order valence-electron chi connectivity index (χ4n) is 3.67. The number of esters is 1. The Hall–Kier alpha value is -2.42. The lowest BCUT2D eigenvalue weighted by Gasteiger charge is -2.28. The summed E-state index contributed by atoms with van der Waals surface area (Å²) in [5.74, 6) is -1.61. The van der Waals surface area contributed by atoms with E-state index in [1.54, 1.807) is 13.8 Å². The van der Waals surface area contributed by atoms with Gasteiger partial charge in [-0.15, -0.1) is 0 Å². The second-order valence-corrected chi connectivity index (χ2v) is 10.8. The number of nitrogens with one attached hydrogen (secondary N) is 1. The number of sulfone groups is 1. The summed E-state index contributed by atoms with van der Waals surface area (Å²) in [6.07, 6.45) is 2.12. The Morgan fingerprint density at radius 1 is 1.19 bits per heavy atom. The third kappa shape index (κ3) is 7.93. The van der Waals surface area contributed by atoms with Crippen molar-refractivity contribution >= 4 is 27.6 Å². The summed E-state index contributed by atoms with van der Waals surface area (Å²) < 4.78 is 28.9. The number of hydrogen-bond acceptors (Lipinski definition) is 6. The lowest BCUT2D eigenvalue weighted by molar-refractivity contribution is -0.156. The van der Waals surface area contributed by atoms with Gasteiger partial charge >= 0.3 is 5.97 Å². The number of unbranched alkanes of at least 4 members (excludes halogenated alkanes) is 1. The molecule has 0 spiro atoms. The van der Waals surface area contributed by atoms with Crippen molar-refractivity contribution < 1.29 is 27.5 Å². The Labute approximate surface area is 190 Å². The van der Waals surface area contributed by atoms with Gasteiger partial charge in [-0.1, -0.05) is 57.5 Å². The molecule has 1 heterocycles. The molecule has 2 amide bonds. The third-order valence-corrected chi connectivity index (χ3v) is 7.25. The van der Waals surface area contributed by atoms with Gasteiger partial charge < -0.3 is 15.0 Å². The lowest BCUT2D eigenvalue weighted by Crippen LogP contribution is -2.48. The minimum atomic E-state index is -3.14. The van der Waals surface area contributed by atoms with Crippen molar-refractivity contribution in [2.75, 3.05) is 24.7 Å². The summed E-state index contributed by atoms with van der Waals surface area (Å²) in [7, 11) is -3.14. The Morgan fingerprint density at radius 2 is 1.88 bits per heavy atom. The summed E-state index contributed by atoms with van der Waals surface area (Å²) in [5.41, 5.74) is 0.828. The number of carbonyl (C=O) groups is 3. The molecule has 0 aromatic heterocycles. The second kappa shape index (κ2) is 12.0. The molecule has 32 heavy (non-hydrogen) atoms. The van der Waals surface area contributed by atoms with E-state index in [1.165, 1.54) is 4.90 Å². The average molecular weight is 467 g/mol. The third-order valence-electron chi connectivity index (χ3n) is 5.50. The maximum atomic E-state index is 12.8. The highest BCUT2D eigenvalue weighted by Gasteiger charge is 2.35. The molecule has 0 saturated carbocycles. The van der Waals surface area contributed by atoms with Crippen LogP contribution in [0.2, 0.25) is 0 Å². The summed E-state index contributed by atoms with van der Waals surface area (Å²) >= 11 is 0. The van der Waals surface area contributed by atoms with Gasteiger partial charge in [0, 0.05) is 12.6 Å². The van der Waals surface area contributed by atoms with E-state index in [4.69, 9.17) is 4.74 Å². The zero-order valence-corrected chi connectivity index (χ0v) is 19.9. The van der Waals surface area contributed by atoms with Crippen LogP contribution >= 0.6 is 0 Å². The summed E-state index contributed by atoms with van der Waals surface area (Å²) in [5, 5.41) is 2.70. The zero-order chi connectivity index (χ0) is 23.7. The van der Waals surface area contributed by atoms with E-state index in [2.05, 4.69) is 5.32 Å². The monoisotopic (exact) mass is 466 g/mol. The predicted octanol–water partition coefficient (Wildman–Crippen LogP) is 1.73. The van der Waals surface area contributed by atoms with E-state index >= 15 is 0 Å². The maximum absolute atomic E-state index is 12.8. The van der Waals surface area contributed by atoms with Gasteiger partial charge in [0.05, 0.1) is 17.9 Å². The highest BCUT2D eigenvalue weighted by atomic mass is 32.2. The Morgan fingerprint density at radius 3 is 2.44 bits per heavy atom. The van der Waals surface area contributed by atoms with Crippen LogP contribution < -0.4 is 5.32 Å². The van der Waals surface area contributed by atoms with Crippen molar-refractivity contribution in [1.29, 1.82) is 0 Å². The first-order valence-electron chi connectivity index (χ1n) is 11.1. The molecular weight excluding hydrogens is 432 g/mol. The molecule has 1 aromatic rings. The average Bonchev–Trinajstić information content (AvgIpc) is 3.10. The van der Waals surface area contributed by atoms with E-state index in [1.807, 2.05) is 37.3 Å². The summed E-state index contributed by atoms with van der Waals surface area (Å²) in [4.78, 5) is 39.3. The molecule has 2 atom stereocenters. The first-order chi connectivity index (χ1) is 15.1. The van der Waals surface area contributed by atoms with E-state index in [0.29, 0.717) is 13.0 Å². The van der Waals surface area contributed by atoms with Crippen LogP contribution in [-0.4, -0.2) is 67.8 Å². The number of nitrogens with zero attached hydrogens (tertiary/aromatic N) is 1. The standard InChI is InChI=1S/C23H34N2O6S/c1-4-5-12-25(19-11-13-32(29,30)16-19)21(27)15-31-23(28)22(17(2)3)24-20(26)14-18-9-7-6-8-10-18/h6-10,17,19,22H,4-5,11-16H2,1-3H3,(H,24,26)/t19?,22-/m0/s1. The lowest BCUT2D eigenvalue weighted by atomic mass is 10.0. The molecule has 9 heteroatoms. The molecule has 1 fully saturated rings.